The largest absolute Gasteiger partial charge is 0.483 e. The number of para-hydroxylation sites is 3. The molecule has 0 radical (unpaired) electrons. The SMILES string of the molecule is CCC(C)c1ccccc1OCC(=O)Nc1ccccc1N1CCCC1=O. The maximum Gasteiger partial charge on any atom is 0.262 e. The van der Waals surface area contributed by atoms with Crippen molar-refractivity contribution in [3.8, 4) is 5.75 Å². The molecule has 1 saturated heterocycles. The van der Waals surface area contributed by atoms with Gasteiger partial charge in [-0.25, -0.2) is 0 Å². The third kappa shape index (κ3) is 4.48. The molecule has 27 heavy (non-hydrogen) atoms. The number of hydrogen-bond acceptors (Lipinski definition) is 3. The van der Waals surface area contributed by atoms with Gasteiger partial charge in [-0.2, -0.15) is 0 Å². The van der Waals surface area contributed by atoms with E-state index in [1.165, 1.54) is 0 Å². The van der Waals surface area contributed by atoms with E-state index in [0.29, 0.717) is 24.6 Å². The lowest BCUT2D eigenvalue weighted by atomic mass is 9.98. The molecule has 3 rings (SSSR count). The van der Waals surface area contributed by atoms with E-state index in [0.717, 1.165) is 29.8 Å². The fraction of sp³-hybridized carbons (Fsp3) is 0.364. The molecule has 1 fully saturated rings. The van der Waals surface area contributed by atoms with Crippen molar-refractivity contribution >= 4 is 23.2 Å². The van der Waals surface area contributed by atoms with E-state index < -0.39 is 0 Å². The highest BCUT2D eigenvalue weighted by molar-refractivity contribution is 6.02. The van der Waals surface area contributed by atoms with Crippen LogP contribution in [0.4, 0.5) is 11.4 Å². The van der Waals surface area contributed by atoms with Crippen LogP contribution in [0.5, 0.6) is 5.75 Å². The molecule has 1 unspecified atom stereocenters. The third-order valence-electron chi connectivity index (χ3n) is 4.96. The van der Waals surface area contributed by atoms with Gasteiger partial charge in [0.25, 0.3) is 5.91 Å². The number of carbonyl (C=O) groups excluding carboxylic acids is 2. The number of hydrogen-bond donors (Lipinski definition) is 1. The summed E-state index contributed by atoms with van der Waals surface area (Å²) in [5.41, 5.74) is 2.49. The number of carbonyl (C=O) groups is 2. The van der Waals surface area contributed by atoms with Crippen molar-refractivity contribution in [3.05, 3.63) is 54.1 Å². The van der Waals surface area contributed by atoms with Gasteiger partial charge in [0, 0.05) is 13.0 Å². The summed E-state index contributed by atoms with van der Waals surface area (Å²) in [7, 11) is 0. The quantitative estimate of drug-likeness (QED) is 0.793. The second kappa shape index (κ2) is 8.71. The second-order valence-electron chi connectivity index (χ2n) is 6.85. The van der Waals surface area contributed by atoms with E-state index in [1.807, 2.05) is 48.5 Å². The summed E-state index contributed by atoms with van der Waals surface area (Å²) >= 11 is 0. The molecule has 0 bridgehead atoms. The van der Waals surface area contributed by atoms with E-state index in [4.69, 9.17) is 4.74 Å². The lowest BCUT2D eigenvalue weighted by Crippen LogP contribution is -2.27. The third-order valence-corrected chi connectivity index (χ3v) is 4.96. The maximum atomic E-state index is 12.4. The van der Waals surface area contributed by atoms with Crippen LogP contribution in [0.1, 0.15) is 44.6 Å². The number of amides is 2. The lowest BCUT2D eigenvalue weighted by Gasteiger charge is -2.20. The van der Waals surface area contributed by atoms with Crippen LogP contribution in [-0.4, -0.2) is 25.0 Å². The molecular formula is C22H26N2O3. The van der Waals surface area contributed by atoms with Gasteiger partial charge in [0.2, 0.25) is 5.91 Å². The molecular weight excluding hydrogens is 340 g/mol. The zero-order valence-electron chi connectivity index (χ0n) is 15.9. The minimum atomic E-state index is -0.243. The van der Waals surface area contributed by atoms with Crippen molar-refractivity contribution in [2.24, 2.45) is 0 Å². The van der Waals surface area contributed by atoms with Gasteiger partial charge >= 0.3 is 0 Å². The Bertz CT molecular complexity index is 819. The van der Waals surface area contributed by atoms with Gasteiger partial charge in [0.1, 0.15) is 5.75 Å². The van der Waals surface area contributed by atoms with E-state index >= 15 is 0 Å². The highest BCUT2D eigenvalue weighted by Gasteiger charge is 2.24. The van der Waals surface area contributed by atoms with E-state index in [-0.39, 0.29) is 18.4 Å². The van der Waals surface area contributed by atoms with Gasteiger partial charge < -0.3 is 15.0 Å². The van der Waals surface area contributed by atoms with Gasteiger partial charge in [-0.3, -0.25) is 9.59 Å². The fourth-order valence-corrected chi connectivity index (χ4v) is 3.29. The van der Waals surface area contributed by atoms with Gasteiger partial charge in [-0.1, -0.05) is 44.2 Å². The second-order valence-corrected chi connectivity index (χ2v) is 6.85. The van der Waals surface area contributed by atoms with Crippen molar-refractivity contribution in [1.82, 2.24) is 0 Å². The zero-order valence-corrected chi connectivity index (χ0v) is 15.9. The van der Waals surface area contributed by atoms with Crippen LogP contribution >= 0.6 is 0 Å². The van der Waals surface area contributed by atoms with Crippen LogP contribution in [0.3, 0.4) is 0 Å². The smallest absolute Gasteiger partial charge is 0.262 e. The first-order chi connectivity index (χ1) is 13.1. The number of nitrogens with one attached hydrogen (secondary N) is 1. The van der Waals surface area contributed by atoms with Crippen LogP contribution < -0.4 is 15.0 Å². The predicted octanol–water partition coefficient (Wildman–Crippen LogP) is 4.34. The Balaban J connectivity index is 1.67. The molecule has 0 aliphatic carbocycles. The molecule has 2 aromatic rings. The van der Waals surface area contributed by atoms with Gasteiger partial charge in [-0.05, 0) is 42.5 Å². The molecule has 0 saturated carbocycles. The molecule has 1 N–H and O–H groups in total. The Hall–Kier alpha value is -2.82. The zero-order chi connectivity index (χ0) is 19.2. The fourth-order valence-electron chi connectivity index (χ4n) is 3.29. The van der Waals surface area contributed by atoms with E-state index in [2.05, 4.69) is 19.2 Å². The molecule has 0 aromatic heterocycles. The number of anilines is 2. The first-order valence-corrected chi connectivity index (χ1v) is 9.51. The predicted molar refractivity (Wildman–Crippen MR) is 107 cm³/mol. The van der Waals surface area contributed by atoms with Crippen LogP contribution in [0, 0.1) is 0 Å². The minimum Gasteiger partial charge on any atom is -0.483 e. The molecule has 1 aliphatic rings. The highest BCUT2D eigenvalue weighted by atomic mass is 16.5. The Labute approximate surface area is 160 Å². The van der Waals surface area contributed by atoms with Crippen LogP contribution in [0.2, 0.25) is 0 Å². The molecule has 1 atom stereocenters. The highest BCUT2D eigenvalue weighted by Crippen LogP contribution is 2.30. The molecule has 2 amide bonds. The van der Waals surface area contributed by atoms with Gasteiger partial charge in [-0.15, -0.1) is 0 Å². The van der Waals surface area contributed by atoms with Crippen LogP contribution in [-0.2, 0) is 9.59 Å². The summed E-state index contributed by atoms with van der Waals surface area (Å²) in [6.45, 7) is 4.89. The summed E-state index contributed by atoms with van der Waals surface area (Å²) in [4.78, 5) is 26.2. The molecule has 1 heterocycles. The van der Waals surface area contributed by atoms with Crippen LogP contribution in [0.15, 0.2) is 48.5 Å². The molecule has 5 heteroatoms. The van der Waals surface area contributed by atoms with Gasteiger partial charge in [0.05, 0.1) is 11.4 Å². The summed E-state index contributed by atoms with van der Waals surface area (Å²) in [5.74, 6) is 0.958. The Morgan fingerprint density at radius 1 is 1.19 bits per heavy atom. The average molecular weight is 366 g/mol. The van der Waals surface area contributed by atoms with Gasteiger partial charge in [0.15, 0.2) is 6.61 Å². The molecule has 5 nitrogen and oxygen atoms in total. The topological polar surface area (TPSA) is 58.6 Å². The minimum absolute atomic E-state index is 0.0737. The van der Waals surface area contributed by atoms with Crippen LogP contribution in [0.25, 0.3) is 0 Å². The summed E-state index contributed by atoms with van der Waals surface area (Å²) in [6.07, 6.45) is 2.40. The number of rotatable bonds is 7. The monoisotopic (exact) mass is 366 g/mol. The average Bonchev–Trinajstić information content (AvgIpc) is 3.12. The molecule has 0 spiro atoms. The first kappa shape index (κ1) is 19.0. The normalized spacial score (nSPS) is 14.9. The van der Waals surface area contributed by atoms with E-state index in [1.54, 1.807) is 4.90 Å². The molecule has 1 aliphatic heterocycles. The Kier molecular flexibility index (Phi) is 6.12. The van der Waals surface area contributed by atoms with Crippen molar-refractivity contribution in [1.29, 1.82) is 0 Å². The molecule has 142 valence electrons. The number of nitrogens with zero attached hydrogens (tertiary/aromatic N) is 1. The summed E-state index contributed by atoms with van der Waals surface area (Å²) in [5, 5.41) is 2.88. The first-order valence-electron chi connectivity index (χ1n) is 9.51. The van der Waals surface area contributed by atoms with Crippen molar-refractivity contribution in [3.63, 3.8) is 0 Å². The van der Waals surface area contributed by atoms with Crippen molar-refractivity contribution in [2.45, 2.75) is 39.0 Å². The van der Waals surface area contributed by atoms with E-state index in [9.17, 15) is 9.59 Å². The Morgan fingerprint density at radius 2 is 1.93 bits per heavy atom. The van der Waals surface area contributed by atoms with Crippen molar-refractivity contribution < 1.29 is 14.3 Å². The Morgan fingerprint density at radius 3 is 2.67 bits per heavy atom. The summed E-state index contributed by atoms with van der Waals surface area (Å²) < 4.78 is 5.79. The number of ether oxygens (including phenoxy) is 1. The molecule has 2 aromatic carbocycles. The maximum absolute atomic E-state index is 12.4. The summed E-state index contributed by atoms with van der Waals surface area (Å²) in [6, 6.07) is 15.2. The number of benzene rings is 2. The lowest BCUT2D eigenvalue weighted by molar-refractivity contribution is -0.118. The van der Waals surface area contributed by atoms with Crippen molar-refractivity contribution in [2.75, 3.05) is 23.4 Å². The standard InChI is InChI=1S/C22H26N2O3/c1-3-16(2)17-9-4-7-12-20(17)27-15-21(25)23-18-10-5-6-11-19(18)24-14-8-13-22(24)26/h4-7,9-12,16H,3,8,13-15H2,1-2H3,(H,23,25).